The zero-order valence-electron chi connectivity index (χ0n) is 14.9. The minimum Gasteiger partial charge on any atom is -0.464 e. The summed E-state index contributed by atoms with van der Waals surface area (Å²) < 4.78 is 5.44. The summed E-state index contributed by atoms with van der Waals surface area (Å²) in [5.41, 5.74) is 1.78. The van der Waals surface area contributed by atoms with Gasteiger partial charge in [0.1, 0.15) is 16.4 Å². The van der Waals surface area contributed by atoms with Gasteiger partial charge in [0.05, 0.1) is 17.7 Å². The van der Waals surface area contributed by atoms with Crippen molar-refractivity contribution in [3.05, 3.63) is 74.8 Å². The number of H-pyrrole nitrogens is 1. The topological polar surface area (TPSA) is 62.1 Å². The maximum atomic E-state index is 12.7. The van der Waals surface area contributed by atoms with Gasteiger partial charge in [-0.15, -0.1) is 11.3 Å². The quantitative estimate of drug-likeness (QED) is 0.507. The number of fused-ring (bicyclic) bond motifs is 1. The molecule has 4 rings (SSSR count). The molecule has 27 heavy (non-hydrogen) atoms. The Morgan fingerprint density at radius 2 is 2.07 bits per heavy atom. The predicted octanol–water partition coefficient (Wildman–Crippen LogP) is 5.09. The fourth-order valence-electron chi connectivity index (χ4n) is 3.00. The van der Waals surface area contributed by atoms with E-state index in [0.29, 0.717) is 21.8 Å². The Bertz CT molecular complexity index is 1120. The van der Waals surface area contributed by atoms with Crippen LogP contribution in [0.15, 0.2) is 57.3 Å². The summed E-state index contributed by atoms with van der Waals surface area (Å²) in [5.74, 6) is 1.33. The monoisotopic (exact) mass is 399 g/mol. The van der Waals surface area contributed by atoms with E-state index in [-0.39, 0.29) is 11.6 Å². The molecule has 0 aliphatic heterocycles. The summed E-state index contributed by atoms with van der Waals surface area (Å²) in [7, 11) is 2.01. The molecule has 1 N–H and O–H groups in total. The zero-order valence-corrected chi connectivity index (χ0v) is 16.5. The number of rotatable bonds is 5. The van der Waals surface area contributed by atoms with Crippen molar-refractivity contribution in [2.75, 3.05) is 7.05 Å². The maximum Gasteiger partial charge on any atom is 0.260 e. The predicted molar refractivity (Wildman–Crippen MR) is 109 cm³/mol. The van der Waals surface area contributed by atoms with Crippen molar-refractivity contribution in [2.24, 2.45) is 0 Å². The van der Waals surface area contributed by atoms with Gasteiger partial charge < -0.3 is 9.40 Å². The van der Waals surface area contributed by atoms with Crippen LogP contribution >= 0.6 is 22.9 Å². The van der Waals surface area contributed by atoms with Gasteiger partial charge in [0.25, 0.3) is 5.56 Å². The fraction of sp³-hybridized carbons (Fsp3) is 0.200. The van der Waals surface area contributed by atoms with Crippen molar-refractivity contribution in [3.8, 4) is 11.3 Å². The van der Waals surface area contributed by atoms with E-state index in [1.165, 1.54) is 11.3 Å². The molecule has 0 fully saturated rings. The fourth-order valence-corrected chi connectivity index (χ4v) is 4.06. The Balaban J connectivity index is 1.63. The highest BCUT2D eigenvalue weighted by Gasteiger charge is 2.19. The van der Waals surface area contributed by atoms with Gasteiger partial charge in [0, 0.05) is 22.5 Å². The number of nitrogens with zero attached hydrogens (tertiary/aromatic N) is 2. The molecule has 0 saturated heterocycles. The molecule has 5 nitrogen and oxygen atoms in total. The zero-order chi connectivity index (χ0) is 19.0. The Morgan fingerprint density at radius 3 is 2.78 bits per heavy atom. The normalized spacial score (nSPS) is 12.7. The van der Waals surface area contributed by atoms with Gasteiger partial charge in [0.2, 0.25) is 0 Å². The summed E-state index contributed by atoms with van der Waals surface area (Å²) in [5, 5.41) is 3.21. The summed E-state index contributed by atoms with van der Waals surface area (Å²) in [6.07, 6.45) is 1.60. The van der Waals surface area contributed by atoms with E-state index in [9.17, 15) is 4.79 Å². The van der Waals surface area contributed by atoms with Crippen LogP contribution in [0.4, 0.5) is 0 Å². The third-order valence-corrected chi connectivity index (χ3v) is 5.78. The molecule has 1 atom stereocenters. The molecular formula is C20H18ClN3O2S. The highest BCUT2D eigenvalue weighted by molar-refractivity contribution is 7.17. The summed E-state index contributed by atoms with van der Waals surface area (Å²) in [6, 6.07) is 11.4. The summed E-state index contributed by atoms with van der Waals surface area (Å²) in [4.78, 5) is 23.2. The van der Waals surface area contributed by atoms with Crippen LogP contribution in [0.5, 0.6) is 0 Å². The van der Waals surface area contributed by atoms with Crippen LogP contribution in [0.25, 0.3) is 21.5 Å². The van der Waals surface area contributed by atoms with Crippen molar-refractivity contribution in [1.29, 1.82) is 0 Å². The van der Waals surface area contributed by atoms with Crippen molar-refractivity contribution in [2.45, 2.75) is 19.5 Å². The highest BCUT2D eigenvalue weighted by atomic mass is 35.5. The van der Waals surface area contributed by atoms with E-state index in [0.717, 1.165) is 22.7 Å². The molecule has 1 aromatic carbocycles. The first-order chi connectivity index (χ1) is 13.0. The first-order valence-electron chi connectivity index (χ1n) is 8.53. The lowest BCUT2D eigenvalue weighted by molar-refractivity contribution is 0.244. The number of aromatic amines is 1. The van der Waals surface area contributed by atoms with Gasteiger partial charge in [-0.3, -0.25) is 9.69 Å². The molecule has 0 unspecified atom stereocenters. The molecule has 0 bridgehead atoms. The minimum absolute atomic E-state index is 0.0491. The Hall–Kier alpha value is -2.41. The number of hydrogen-bond donors (Lipinski definition) is 1. The van der Waals surface area contributed by atoms with Crippen LogP contribution in [0.1, 0.15) is 24.4 Å². The van der Waals surface area contributed by atoms with E-state index in [1.54, 1.807) is 6.26 Å². The van der Waals surface area contributed by atoms with Gasteiger partial charge in [-0.25, -0.2) is 4.98 Å². The van der Waals surface area contributed by atoms with Crippen LogP contribution < -0.4 is 5.56 Å². The average Bonchev–Trinajstić information content (AvgIpc) is 3.32. The van der Waals surface area contributed by atoms with E-state index in [1.807, 2.05) is 55.7 Å². The van der Waals surface area contributed by atoms with E-state index in [4.69, 9.17) is 21.0 Å². The second kappa shape index (κ2) is 7.31. The first-order valence-corrected chi connectivity index (χ1v) is 9.78. The lowest BCUT2D eigenvalue weighted by Gasteiger charge is -2.24. The van der Waals surface area contributed by atoms with Crippen LogP contribution in [0.2, 0.25) is 5.02 Å². The SMILES string of the molecule is C[C@H](c1nc2scc(-c3ccco3)c2c(=O)[nH]1)N(C)Cc1ccc(Cl)cc1. The number of halogens is 1. The lowest BCUT2D eigenvalue weighted by Crippen LogP contribution is -2.25. The van der Waals surface area contributed by atoms with Crippen LogP contribution in [0, 0.1) is 0 Å². The lowest BCUT2D eigenvalue weighted by atomic mass is 10.1. The molecule has 138 valence electrons. The highest BCUT2D eigenvalue weighted by Crippen LogP contribution is 2.31. The molecule has 0 amide bonds. The number of hydrogen-bond acceptors (Lipinski definition) is 5. The number of aromatic nitrogens is 2. The van der Waals surface area contributed by atoms with Gasteiger partial charge in [-0.05, 0) is 43.8 Å². The molecular weight excluding hydrogens is 382 g/mol. The minimum atomic E-state index is -0.144. The molecule has 0 aliphatic rings. The molecule has 3 aromatic heterocycles. The van der Waals surface area contributed by atoms with E-state index in [2.05, 4.69) is 9.88 Å². The van der Waals surface area contributed by atoms with Crippen molar-refractivity contribution in [1.82, 2.24) is 14.9 Å². The maximum absolute atomic E-state index is 12.7. The van der Waals surface area contributed by atoms with Crippen LogP contribution in [0.3, 0.4) is 0 Å². The van der Waals surface area contributed by atoms with Gasteiger partial charge in [0.15, 0.2) is 0 Å². The first kappa shape index (κ1) is 18.0. The Kier molecular flexibility index (Phi) is 4.86. The molecule has 0 radical (unpaired) electrons. The van der Waals surface area contributed by atoms with Gasteiger partial charge in [-0.1, -0.05) is 23.7 Å². The van der Waals surface area contributed by atoms with Gasteiger partial charge in [-0.2, -0.15) is 0 Å². The smallest absolute Gasteiger partial charge is 0.260 e. The van der Waals surface area contributed by atoms with Gasteiger partial charge >= 0.3 is 0 Å². The molecule has 0 spiro atoms. The standard InChI is InChI=1S/C20H18ClN3O2S/c1-12(24(2)10-13-5-7-14(21)8-6-13)18-22-19(25)17-15(11-27-20(17)23-18)16-4-3-9-26-16/h3-9,11-12H,10H2,1-2H3,(H,22,23,25)/t12-/m1/s1. The largest absolute Gasteiger partial charge is 0.464 e. The van der Waals surface area contributed by atoms with Crippen molar-refractivity contribution >= 4 is 33.2 Å². The van der Waals surface area contributed by atoms with Crippen molar-refractivity contribution < 1.29 is 4.42 Å². The molecule has 4 aromatic rings. The number of nitrogens with one attached hydrogen (secondary N) is 1. The molecule has 3 heterocycles. The van der Waals surface area contributed by atoms with Crippen LogP contribution in [-0.2, 0) is 6.54 Å². The molecule has 0 aliphatic carbocycles. The number of benzene rings is 1. The number of furan rings is 1. The second-order valence-electron chi connectivity index (χ2n) is 6.48. The Labute approximate surface area is 165 Å². The average molecular weight is 400 g/mol. The second-order valence-corrected chi connectivity index (χ2v) is 7.77. The molecule has 7 heteroatoms. The van der Waals surface area contributed by atoms with Crippen molar-refractivity contribution in [3.63, 3.8) is 0 Å². The molecule has 0 saturated carbocycles. The summed E-state index contributed by atoms with van der Waals surface area (Å²) in [6.45, 7) is 2.75. The Morgan fingerprint density at radius 1 is 1.30 bits per heavy atom. The third kappa shape index (κ3) is 3.56. The summed E-state index contributed by atoms with van der Waals surface area (Å²) >= 11 is 7.40. The van der Waals surface area contributed by atoms with E-state index < -0.39 is 0 Å². The van der Waals surface area contributed by atoms with E-state index >= 15 is 0 Å². The van der Waals surface area contributed by atoms with Crippen LogP contribution in [-0.4, -0.2) is 21.9 Å². The third-order valence-electron chi connectivity index (χ3n) is 4.65. The number of thiophene rings is 1.